The van der Waals surface area contributed by atoms with E-state index in [2.05, 4.69) is 17.7 Å². The van der Waals surface area contributed by atoms with Gasteiger partial charge in [0.25, 0.3) is 0 Å². The number of halogens is 2. The number of ether oxygens (including phenoxy) is 1. The SMILES string of the molecule is CC12CCC3c4ccc(O)cc4CCC3C1CC(=Cc1ccc(OC(F)F)cc1)C2=O. The van der Waals surface area contributed by atoms with Gasteiger partial charge in [0.15, 0.2) is 5.78 Å². The quantitative estimate of drug-likeness (QED) is 0.605. The summed E-state index contributed by atoms with van der Waals surface area (Å²) in [6.45, 7) is -0.718. The van der Waals surface area contributed by atoms with Crippen molar-refractivity contribution in [3.05, 3.63) is 64.7 Å². The average molecular weight is 424 g/mol. The number of phenolic OH excluding ortho intramolecular Hbond substituents is 1. The fourth-order valence-electron chi connectivity index (χ4n) is 6.31. The topological polar surface area (TPSA) is 46.5 Å². The summed E-state index contributed by atoms with van der Waals surface area (Å²) in [6.07, 6.45) is 6.53. The molecule has 162 valence electrons. The fraction of sp³-hybridized carbons (Fsp3) is 0.423. The average Bonchev–Trinajstić information content (AvgIpc) is 2.99. The van der Waals surface area contributed by atoms with Crippen molar-refractivity contribution in [3.63, 3.8) is 0 Å². The second kappa shape index (κ2) is 7.47. The number of hydrogen-bond acceptors (Lipinski definition) is 3. The molecule has 0 heterocycles. The van der Waals surface area contributed by atoms with E-state index in [0.717, 1.165) is 43.2 Å². The predicted molar refractivity (Wildman–Crippen MR) is 114 cm³/mol. The van der Waals surface area contributed by atoms with Gasteiger partial charge in [0.05, 0.1) is 0 Å². The van der Waals surface area contributed by atoms with Crippen LogP contribution in [0.4, 0.5) is 8.78 Å². The summed E-state index contributed by atoms with van der Waals surface area (Å²) in [5, 5.41) is 9.85. The molecule has 31 heavy (non-hydrogen) atoms. The van der Waals surface area contributed by atoms with Crippen LogP contribution in [0.5, 0.6) is 11.5 Å². The highest BCUT2D eigenvalue weighted by Gasteiger charge is 2.56. The monoisotopic (exact) mass is 424 g/mol. The Labute approximate surface area is 180 Å². The summed E-state index contributed by atoms with van der Waals surface area (Å²) in [6, 6.07) is 12.2. The highest BCUT2D eigenvalue weighted by atomic mass is 19.3. The third-order valence-corrected chi connectivity index (χ3v) is 7.80. The largest absolute Gasteiger partial charge is 0.508 e. The van der Waals surface area contributed by atoms with E-state index in [9.17, 15) is 18.7 Å². The zero-order valence-electron chi connectivity index (χ0n) is 17.5. The zero-order valence-corrected chi connectivity index (χ0v) is 17.5. The number of carbonyl (C=O) groups is 1. The van der Waals surface area contributed by atoms with Gasteiger partial charge in [0.1, 0.15) is 11.5 Å². The molecule has 5 rings (SSSR count). The molecule has 1 N–H and O–H groups in total. The van der Waals surface area contributed by atoms with Crippen molar-refractivity contribution >= 4 is 11.9 Å². The first-order chi connectivity index (χ1) is 14.8. The molecule has 3 aliphatic rings. The van der Waals surface area contributed by atoms with Crippen LogP contribution >= 0.6 is 0 Å². The van der Waals surface area contributed by atoms with Crippen LogP contribution in [0, 0.1) is 17.3 Å². The number of allylic oxidation sites excluding steroid dienone is 1. The highest BCUT2D eigenvalue weighted by molar-refractivity contribution is 6.06. The predicted octanol–water partition coefficient (Wildman–Crippen LogP) is 6.11. The molecule has 4 unspecified atom stereocenters. The first-order valence-electron chi connectivity index (χ1n) is 11.0. The lowest BCUT2D eigenvalue weighted by atomic mass is 9.55. The van der Waals surface area contributed by atoms with E-state index >= 15 is 0 Å². The lowest BCUT2D eigenvalue weighted by molar-refractivity contribution is -0.127. The Hall–Kier alpha value is -2.69. The van der Waals surface area contributed by atoms with Crippen molar-refractivity contribution in [2.24, 2.45) is 17.3 Å². The molecule has 0 saturated heterocycles. The molecule has 2 fully saturated rings. The van der Waals surface area contributed by atoms with E-state index in [4.69, 9.17) is 0 Å². The Morgan fingerprint density at radius 1 is 1.16 bits per heavy atom. The maximum absolute atomic E-state index is 13.4. The molecule has 0 amide bonds. The zero-order chi connectivity index (χ0) is 21.8. The summed E-state index contributed by atoms with van der Waals surface area (Å²) in [5.41, 5.74) is 3.92. The number of rotatable bonds is 3. The molecule has 2 aromatic carbocycles. The van der Waals surface area contributed by atoms with Gasteiger partial charge < -0.3 is 9.84 Å². The van der Waals surface area contributed by atoms with Crippen molar-refractivity contribution in [2.45, 2.75) is 51.6 Å². The van der Waals surface area contributed by atoms with E-state index in [-0.39, 0.29) is 16.9 Å². The standard InChI is InChI=1S/C26H26F2O3/c1-26-11-10-21-20-9-5-18(29)13-16(20)4-8-22(21)23(26)14-17(24(26)30)12-15-2-6-19(7-3-15)31-25(27)28/h2-3,5-7,9,12-13,21-23,25,29H,4,8,10-11,14H2,1H3. The Morgan fingerprint density at radius 2 is 1.94 bits per heavy atom. The van der Waals surface area contributed by atoms with Gasteiger partial charge in [0.2, 0.25) is 0 Å². The Bertz CT molecular complexity index is 1040. The van der Waals surface area contributed by atoms with E-state index in [1.807, 2.05) is 12.1 Å². The van der Waals surface area contributed by atoms with Gasteiger partial charge in [-0.3, -0.25) is 4.79 Å². The van der Waals surface area contributed by atoms with Gasteiger partial charge in [0, 0.05) is 5.41 Å². The van der Waals surface area contributed by atoms with E-state index < -0.39 is 6.61 Å². The van der Waals surface area contributed by atoms with Crippen molar-refractivity contribution < 1.29 is 23.4 Å². The number of alkyl halides is 2. The fourth-order valence-corrected chi connectivity index (χ4v) is 6.31. The number of fused-ring (bicyclic) bond motifs is 5. The van der Waals surface area contributed by atoms with Crippen LogP contribution in [0.1, 0.15) is 55.2 Å². The molecule has 0 bridgehead atoms. The summed E-state index contributed by atoms with van der Waals surface area (Å²) < 4.78 is 29.2. The normalized spacial score (nSPS) is 30.8. The molecule has 2 saturated carbocycles. The number of ketones is 1. The molecule has 0 spiro atoms. The molecule has 0 radical (unpaired) electrons. The molecule has 3 nitrogen and oxygen atoms in total. The van der Waals surface area contributed by atoms with Crippen LogP contribution in [-0.2, 0) is 11.2 Å². The number of phenols is 1. The van der Waals surface area contributed by atoms with Gasteiger partial charge in [-0.2, -0.15) is 8.78 Å². The van der Waals surface area contributed by atoms with Gasteiger partial charge in [-0.1, -0.05) is 25.1 Å². The molecule has 3 aliphatic carbocycles. The number of benzene rings is 2. The summed E-state index contributed by atoms with van der Waals surface area (Å²) in [7, 11) is 0. The number of carbonyl (C=O) groups excluding carboxylic acids is 1. The van der Waals surface area contributed by atoms with Crippen molar-refractivity contribution in [3.8, 4) is 11.5 Å². The van der Waals surface area contributed by atoms with Crippen molar-refractivity contribution in [1.29, 1.82) is 0 Å². The summed E-state index contributed by atoms with van der Waals surface area (Å²) in [5.74, 6) is 1.90. The molecular weight excluding hydrogens is 398 g/mol. The number of aromatic hydroxyl groups is 1. The second-order valence-corrected chi connectivity index (χ2v) is 9.41. The lowest BCUT2D eigenvalue weighted by Crippen LogP contribution is -2.42. The van der Waals surface area contributed by atoms with Gasteiger partial charge in [-0.15, -0.1) is 0 Å². The number of hydrogen-bond donors (Lipinski definition) is 1. The van der Waals surface area contributed by atoms with Crippen LogP contribution in [-0.4, -0.2) is 17.5 Å². The van der Waals surface area contributed by atoms with E-state index in [0.29, 0.717) is 23.5 Å². The minimum Gasteiger partial charge on any atom is -0.508 e. The third-order valence-electron chi connectivity index (χ3n) is 7.80. The van der Waals surface area contributed by atoms with Gasteiger partial charge in [-0.25, -0.2) is 0 Å². The van der Waals surface area contributed by atoms with Crippen LogP contribution in [0.2, 0.25) is 0 Å². The second-order valence-electron chi connectivity index (χ2n) is 9.41. The Morgan fingerprint density at radius 3 is 2.68 bits per heavy atom. The highest BCUT2D eigenvalue weighted by Crippen LogP contribution is 2.60. The summed E-state index contributed by atoms with van der Waals surface area (Å²) in [4.78, 5) is 13.4. The minimum atomic E-state index is -2.85. The smallest absolute Gasteiger partial charge is 0.387 e. The van der Waals surface area contributed by atoms with Gasteiger partial charge >= 0.3 is 6.61 Å². The molecule has 5 heteroatoms. The first kappa shape index (κ1) is 20.2. The van der Waals surface area contributed by atoms with Crippen molar-refractivity contribution in [1.82, 2.24) is 0 Å². The Kier molecular flexibility index (Phi) is 4.87. The summed E-state index contributed by atoms with van der Waals surface area (Å²) >= 11 is 0. The van der Waals surface area contributed by atoms with Crippen molar-refractivity contribution in [2.75, 3.05) is 0 Å². The molecule has 4 atom stereocenters. The van der Waals surface area contributed by atoms with Crippen LogP contribution in [0.25, 0.3) is 6.08 Å². The van der Waals surface area contributed by atoms with E-state index in [1.165, 1.54) is 23.3 Å². The maximum Gasteiger partial charge on any atom is 0.387 e. The Balaban J connectivity index is 1.41. The minimum absolute atomic E-state index is 0.116. The van der Waals surface area contributed by atoms with Crippen LogP contribution in [0.15, 0.2) is 48.0 Å². The van der Waals surface area contributed by atoms with Gasteiger partial charge in [-0.05, 0) is 102 Å². The molecular formula is C26H26F2O3. The van der Waals surface area contributed by atoms with E-state index in [1.54, 1.807) is 18.2 Å². The first-order valence-corrected chi connectivity index (χ1v) is 11.0. The molecule has 0 aliphatic heterocycles. The number of Topliss-reactive ketones (excluding diaryl/α,β-unsaturated/α-hetero) is 1. The van der Waals surface area contributed by atoms with Crippen LogP contribution in [0.3, 0.4) is 0 Å². The molecule has 2 aromatic rings. The van der Waals surface area contributed by atoms with Crippen LogP contribution < -0.4 is 4.74 Å². The molecule has 0 aromatic heterocycles. The maximum atomic E-state index is 13.4. The third kappa shape index (κ3) is 3.44. The lowest BCUT2D eigenvalue weighted by Gasteiger charge is -2.48. The number of aryl methyl sites for hydroxylation is 1.